The Balaban J connectivity index is 1.26. The molecular weight excluding hydrogens is 393 g/mol. The predicted molar refractivity (Wildman–Crippen MR) is 121 cm³/mol. The van der Waals surface area contributed by atoms with Gasteiger partial charge in [0.2, 0.25) is 5.91 Å². The number of anilines is 2. The summed E-state index contributed by atoms with van der Waals surface area (Å²) >= 11 is 0. The number of halogens is 1. The fourth-order valence-electron chi connectivity index (χ4n) is 4.60. The van der Waals surface area contributed by atoms with E-state index in [1.165, 1.54) is 37.8 Å². The molecule has 2 aromatic carbocycles. The quantitative estimate of drug-likeness (QED) is 0.733. The Hall–Kier alpha value is -2.89. The Kier molecular flexibility index (Phi) is 6.85. The van der Waals surface area contributed by atoms with Crippen molar-refractivity contribution in [2.75, 3.05) is 36.4 Å². The van der Waals surface area contributed by atoms with E-state index in [1.807, 2.05) is 29.2 Å². The van der Waals surface area contributed by atoms with E-state index in [4.69, 9.17) is 0 Å². The Bertz CT molecular complexity index is 901. The molecule has 2 aromatic rings. The second-order valence-electron chi connectivity index (χ2n) is 8.54. The van der Waals surface area contributed by atoms with Gasteiger partial charge >= 0.3 is 0 Å². The lowest BCUT2D eigenvalue weighted by molar-refractivity contribution is -0.131. The summed E-state index contributed by atoms with van der Waals surface area (Å²) in [5, 5.41) is 2.74. The van der Waals surface area contributed by atoms with E-state index < -0.39 is 11.7 Å². The largest absolute Gasteiger partial charge is 0.368 e. The molecule has 6 heteroatoms. The number of benzene rings is 2. The van der Waals surface area contributed by atoms with Gasteiger partial charge in [0, 0.05) is 44.0 Å². The van der Waals surface area contributed by atoms with E-state index in [9.17, 15) is 14.0 Å². The Morgan fingerprint density at radius 2 is 1.61 bits per heavy atom. The maximum absolute atomic E-state index is 13.8. The lowest BCUT2D eigenvalue weighted by Crippen LogP contribution is -2.48. The number of carbonyl (C=O) groups excluding carboxylic acids is 2. The van der Waals surface area contributed by atoms with Crippen molar-refractivity contribution in [3.05, 3.63) is 59.9 Å². The van der Waals surface area contributed by atoms with Crippen LogP contribution in [0.15, 0.2) is 48.5 Å². The Morgan fingerprint density at radius 1 is 0.935 bits per heavy atom. The second kappa shape index (κ2) is 9.94. The van der Waals surface area contributed by atoms with Gasteiger partial charge in [-0.25, -0.2) is 4.39 Å². The van der Waals surface area contributed by atoms with Crippen molar-refractivity contribution >= 4 is 23.2 Å². The van der Waals surface area contributed by atoms with E-state index in [2.05, 4.69) is 10.2 Å². The summed E-state index contributed by atoms with van der Waals surface area (Å²) in [6, 6.07) is 13.5. The molecule has 164 valence electrons. The molecule has 1 saturated carbocycles. The monoisotopic (exact) mass is 423 g/mol. The Labute approximate surface area is 183 Å². The average molecular weight is 424 g/mol. The first-order valence-corrected chi connectivity index (χ1v) is 11.3. The minimum absolute atomic E-state index is 0.0281. The minimum atomic E-state index is -0.535. The first kappa shape index (κ1) is 21.3. The molecule has 0 unspecified atom stereocenters. The average Bonchev–Trinajstić information content (AvgIpc) is 3.32. The number of hydrogen-bond donors (Lipinski definition) is 1. The van der Waals surface area contributed by atoms with Crippen LogP contribution in [0.5, 0.6) is 0 Å². The third-order valence-corrected chi connectivity index (χ3v) is 6.48. The second-order valence-corrected chi connectivity index (χ2v) is 8.54. The molecule has 0 radical (unpaired) electrons. The van der Waals surface area contributed by atoms with Crippen LogP contribution in [0.2, 0.25) is 0 Å². The normalized spacial score (nSPS) is 17.1. The zero-order valence-electron chi connectivity index (χ0n) is 17.9. The summed E-state index contributed by atoms with van der Waals surface area (Å²) in [6.45, 7) is 3.09. The van der Waals surface area contributed by atoms with Gasteiger partial charge in [-0.15, -0.1) is 0 Å². The summed E-state index contributed by atoms with van der Waals surface area (Å²) < 4.78 is 13.8. The van der Waals surface area contributed by atoms with Crippen LogP contribution < -0.4 is 10.2 Å². The van der Waals surface area contributed by atoms with E-state index >= 15 is 0 Å². The summed E-state index contributed by atoms with van der Waals surface area (Å²) in [4.78, 5) is 29.0. The molecule has 0 bridgehead atoms. The van der Waals surface area contributed by atoms with Crippen LogP contribution in [-0.2, 0) is 4.79 Å². The van der Waals surface area contributed by atoms with E-state index in [0.29, 0.717) is 12.1 Å². The highest BCUT2D eigenvalue weighted by Crippen LogP contribution is 2.29. The molecule has 0 atom stereocenters. The zero-order valence-corrected chi connectivity index (χ0v) is 17.9. The van der Waals surface area contributed by atoms with E-state index in [1.54, 1.807) is 12.1 Å². The van der Waals surface area contributed by atoms with Crippen molar-refractivity contribution in [2.24, 2.45) is 5.92 Å². The van der Waals surface area contributed by atoms with Crippen LogP contribution in [0, 0.1) is 11.7 Å². The molecule has 2 aliphatic rings. The van der Waals surface area contributed by atoms with Gasteiger partial charge in [-0.3, -0.25) is 9.59 Å². The highest BCUT2D eigenvalue weighted by molar-refractivity contribution is 6.04. The van der Waals surface area contributed by atoms with Crippen molar-refractivity contribution in [3.8, 4) is 0 Å². The molecule has 31 heavy (non-hydrogen) atoms. The van der Waals surface area contributed by atoms with Gasteiger partial charge < -0.3 is 15.1 Å². The molecule has 1 saturated heterocycles. The van der Waals surface area contributed by atoms with Crippen molar-refractivity contribution < 1.29 is 14.0 Å². The third-order valence-electron chi connectivity index (χ3n) is 6.48. The molecule has 0 aromatic heterocycles. The SMILES string of the molecule is O=C(Nc1ccc(N2CCN(C(=O)CCC3CCCC3)CC2)cc1)c1ccccc1F. The summed E-state index contributed by atoms with van der Waals surface area (Å²) in [6.07, 6.45) is 6.95. The lowest BCUT2D eigenvalue weighted by Gasteiger charge is -2.36. The number of nitrogens with zero attached hydrogens (tertiary/aromatic N) is 2. The van der Waals surface area contributed by atoms with Gasteiger partial charge in [0.1, 0.15) is 5.82 Å². The number of piperazine rings is 1. The fraction of sp³-hybridized carbons (Fsp3) is 0.440. The summed E-state index contributed by atoms with van der Waals surface area (Å²) in [5.74, 6) is 0.0447. The molecule has 2 amide bonds. The molecule has 1 aliphatic heterocycles. The highest BCUT2D eigenvalue weighted by Gasteiger charge is 2.23. The molecule has 4 rings (SSSR count). The zero-order chi connectivity index (χ0) is 21.6. The number of carbonyl (C=O) groups is 2. The highest BCUT2D eigenvalue weighted by atomic mass is 19.1. The van der Waals surface area contributed by atoms with Crippen LogP contribution in [0.1, 0.15) is 48.9 Å². The topological polar surface area (TPSA) is 52.7 Å². The first-order valence-electron chi connectivity index (χ1n) is 11.3. The van der Waals surface area contributed by atoms with Gasteiger partial charge in [-0.2, -0.15) is 0 Å². The molecule has 5 nitrogen and oxygen atoms in total. The number of amides is 2. The smallest absolute Gasteiger partial charge is 0.258 e. The van der Waals surface area contributed by atoms with Gasteiger partial charge in [0.15, 0.2) is 0 Å². The summed E-state index contributed by atoms with van der Waals surface area (Å²) in [7, 11) is 0. The molecular formula is C25H30FN3O2. The standard InChI is InChI=1S/C25H30FN3O2/c26-23-8-4-3-7-22(23)25(31)27-20-10-12-21(13-11-20)28-15-17-29(18-16-28)24(30)14-9-19-5-1-2-6-19/h3-4,7-8,10-13,19H,1-2,5-6,9,14-18H2,(H,27,31). The number of hydrogen-bond acceptors (Lipinski definition) is 3. The predicted octanol–water partition coefficient (Wildman–Crippen LogP) is 4.70. The van der Waals surface area contributed by atoms with Gasteiger partial charge in [0.25, 0.3) is 5.91 Å². The van der Waals surface area contributed by atoms with Crippen LogP contribution in [0.3, 0.4) is 0 Å². The Morgan fingerprint density at radius 3 is 2.29 bits per heavy atom. The van der Waals surface area contributed by atoms with Crippen molar-refractivity contribution in [1.29, 1.82) is 0 Å². The minimum Gasteiger partial charge on any atom is -0.368 e. The van der Waals surface area contributed by atoms with Gasteiger partial charge in [-0.1, -0.05) is 37.8 Å². The van der Waals surface area contributed by atoms with E-state index in [-0.39, 0.29) is 11.5 Å². The fourth-order valence-corrected chi connectivity index (χ4v) is 4.60. The van der Waals surface area contributed by atoms with Crippen LogP contribution in [-0.4, -0.2) is 42.9 Å². The van der Waals surface area contributed by atoms with Crippen molar-refractivity contribution in [1.82, 2.24) is 4.90 Å². The molecule has 2 fully saturated rings. The van der Waals surface area contributed by atoms with E-state index in [0.717, 1.165) is 44.2 Å². The maximum Gasteiger partial charge on any atom is 0.258 e. The van der Waals surface area contributed by atoms with Crippen LogP contribution in [0.25, 0.3) is 0 Å². The van der Waals surface area contributed by atoms with Crippen molar-refractivity contribution in [2.45, 2.75) is 38.5 Å². The molecule has 1 N–H and O–H groups in total. The van der Waals surface area contributed by atoms with Gasteiger partial charge in [0.05, 0.1) is 5.56 Å². The van der Waals surface area contributed by atoms with Crippen LogP contribution >= 0.6 is 0 Å². The van der Waals surface area contributed by atoms with Crippen LogP contribution in [0.4, 0.5) is 15.8 Å². The molecule has 1 aliphatic carbocycles. The third kappa shape index (κ3) is 5.43. The number of nitrogens with one attached hydrogen (secondary N) is 1. The van der Waals surface area contributed by atoms with Crippen molar-refractivity contribution in [3.63, 3.8) is 0 Å². The summed E-state index contributed by atoms with van der Waals surface area (Å²) in [5.41, 5.74) is 1.71. The van der Waals surface area contributed by atoms with Gasteiger partial charge in [-0.05, 0) is 48.7 Å². The number of rotatable bonds is 6. The molecule has 0 spiro atoms. The molecule has 1 heterocycles. The maximum atomic E-state index is 13.8. The first-order chi connectivity index (χ1) is 15.1. The lowest BCUT2D eigenvalue weighted by atomic mass is 10.0.